The quantitative estimate of drug-likeness (QED) is 0.168. The summed E-state index contributed by atoms with van der Waals surface area (Å²) in [6.45, 7) is 0.102. The molecule has 2 bridgehead atoms. The Bertz CT molecular complexity index is 2690. The van der Waals surface area contributed by atoms with Gasteiger partial charge in [-0.3, -0.25) is 0 Å². The molecule has 0 atom stereocenters. The molecule has 3 heteroatoms. The van der Waals surface area contributed by atoms with E-state index in [9.17, 15) is 0 Å². The molecule has 2 aliphatic heterocycles. The van der Waals surface area contributed by atoms with E-state index in [-0.39, 0.29) is 12.1 Å². The van der Waals surface area contributed by atoms with Gasteiger partial charge in [0, 0.05) is 39.4 Å². The summed E-state index contributed by atoms with van der Waals surface area (Å²) in [5, 5.41) is 0. The molecular formula is C50H37BN2. The standard InChI is InChI=1S/C50H37BN2/c1-2-14-35(15-3-1)52-43-22-11-23-44-48(43)51(40-19-8-9-20-41(40)53(44)42-21-10-13-32-30-31-12-4-5-16-36(31)46(32)42)49-45(52)29-28-39-47(49)37-17-6-7-18-38(37)50(39)33-24-25-34(50)27-26-33/h1-23,28-29,33-34H,24-27,30H2. The Morgan fingerprint density at radius 1 is 0.434 bits per heavy atom. The minimum atomic E-state index is 0.102. The minimum Gasteiger partial charge on any atom is -0.311 e. The molecule has 250 valence electrons. The number of rotatable bonds is 2. The van der Waals surface area contributed by atoms with Gasteiger partial charge in [-0.05, 0) is 142 Å². The Balaban J connectivity index is 1.15. The normalized spacial score (nSPS) is 21.5. The number of hydrogen-bond acceptors (Lipinski definition) is 2. The lowest BCUT2D eigenvalue weighted by Crippen LogP contribution is -2.62. The first-order chi connectivity index (χ1) is 26.3. The Labute approximate surface area is 311 Å². The van der Waals surface area contributed by atoms with Crippen LogP contribution in [0.3, 0.4) is 0 Å². The summed E-state index contributed by atoms with van der Waals surface area (Å²) in [5.41, 5.74) is 23.8. The largest absolute Gasteiger partial charge is 0.311 e. The second kappa shape index (κ2) is 10.2. The minimum absolute atomic E-state index is 0.102. The maximum absolute atomic E-state index is 2.61. The zero-order valence-electron chi connectivity index (χ0n) is 29.6. The predicted octanol–water partition coefficient (Wildman–Crippen LogP) is 10.4. The SMILES string of the molecule is c1ccc(N2c3cccc4c3B(c3ccccc3N4c3cccc4c3-c3ccccc3C4)c3c2ccc2c3-c3ccccc3C23C2CCC3CC2)cc1. The third-order valence-corrected chi connectivity index (χ3v) is 14.2. The van der Waals surface area contributed by atoms with Crippen molar-refractivity contribution in [3.63, 3.8) is 0 Å². The highest BCUT2D eigenvalue weighted by Crippen LogP contribution is 2.68. The van der Waals surface area contributed by atoms with Gasteiger partial charge in [0.25, 0.3) is 6.71 Å². The van der Waals surface area contributed by atoms with E-state index in [0.717, 1.165) is 18.3 Å². The van der Waals surface area contributed by atoms with E-state index in [4.69, 9.17) is 0 Å². The molecular weight excluding hydrogens is 639 g/mol. The lowest BCUT2D eigenvalue weighted by molar-refractivity contribution is 0.400. The highest BCUT2D eigenvalue weighted by molar-refractivity contribution is 7.01. The molecule has 2 fully saturated rings. The van der Waals surface area contributed by atoms with E-state index in [1.807, 2.05) is 0 Å². The van der Waals surface area contributed by atoms with Crippen LogP contribution in [0.5, 0.6) is 0 Å². The van der Waals surface area contributed by atoms with Gasteiger partial charge in [0.05, 0.1) is 5.69 Å². The van der Waals surface area contributed by atoms with Crippen LogP contribution in [0.15, 0.2) is 152 Å². The molecule has 1 spiro atoms. The molecule has 0 aromatic heterocycles. The van der Waals surface area contributed by atoms with E-state index in [0.29, 0.717) is 0 Å². The van der Waals surface area contributed by atoms with E-state index < -0.39 is 0 Å². The molecule has 2 saturated carbocycles. The Hall–Kier alpha value is -5.80. The van der Waals surface area contributed by atoms with E-state index in [1.54, 1.807) is 11.1 Å². The van der Waals surface area contributed by atoms with Gasteiger partial charge >= 0.3 is 0 Å². The summed E-state index contributed by atoms with van der Waals surface area (Å²) in [6.07, 6.45) is 6.39. The van der Waals surface area contributed by atoms with Crippen molar-refractivity contribution in [2.45, 2.75) is 37.5 Å². The first-order valence-electron chi connectivity index (χ1n) is 19.7. The number of fused-ring (bicyclic) bond motifs is 11. The van der Waals surface area contributed by atoms with Gasteiger partial charge in [0.15, 0.2) is 0 Å². The van der Waals surface area contributed by atoms with Crippen molar-refractivity contribution >= 4 is 57.2 Å². The first kappa shape index (κ1) is 28.8. The number of anilines is 6. The second-order valence-corrected chi connectivity index (χ2v) is 16.2. The number of benzene rings is 7. The van der Waals surface area contributed by atoms with Crippen molar-refractivity contribution in [1.82, 2.24) is 0 Å². The molecule has 13 rings (SSSR count). The zero-order valence-corrected chi connectivity index (χ0v) is 29.6. The predicted molar refractivity (Wildman–Crippen MR) is 220 cm³/mol. The summed E-state index contributed by atoms with van der Waals surface area (Å²) in [7, 11) is 0. The summed E-state index contributed by atoms with van der Waals surface area (Å²) in [6, 6.07) is 58.1. The molecule has 7 aromatic rings. The Kier molecular flexibility index (Phi) is 5.53. The van der Waals surface area contributed by atoms with E-state index in [2.05, 4.69) is 161 Å². The molecule has 2 heterocycles. The van der Waals surface area contributed by atoms with Crippen LogP contribution in [0, 0.1) is 11.8 Å². The molecule has 0 N–H and O–H groups in total. The first-order valence-corrected chi connectivity index (χ1v) is 19.7. The third-order valence-electron chi connectivity index (χ3n) is 14.2. The average Bonchev–Trinajstić information content (AvgIpc) is 3.97. The maximum Gasteiger partial charge on any atom is 0.252 e. The average molecular weight is 677 g/mol. The van der Waals surface area contributed by atoms with Crippen LogP contribution < -0.4 is 26.2 Å². The van der Waals surface area contributed by atoms with Crippen molar-refractivity contribution in [1.29, 1.82) is 0 Å². The van der Waals surface area contributed by atoms with Crippen LogP contribution >= 0.6 is 0 Å². The summed E-state index contributed by atoms with van der Waals surface area (Å²) >= 11 is 0. The van der Waals surface area contributed by atoms with Crippen molar-refractivity contribution in [2.75, 3.05) is 9.80 Å². The highest BCUT2D eigenvalue weighted by atomic mass is 15.2. The molecule has 0 saturated heterocycles. The second-order valence-electron chi connectivity index (χ2n) is 16.2. The fraction of sp³-hybridized carbons (Fsp3) is 0.160. The van der Waals surface area contributed by atoms with Crippen molar-refractivity contribution in [3.05, 3.63) is 174 Å². The highest BCUT2D eigenvalue weighted by Gasteiger charge is 2.61. The number of nitrogens with zero attached hydrogens (tertiary/aromatic N) is 2. The van der Waals surface area contributed by atoms with Crippen LogP contribution in [0.25, 0.3) is 22.3 Å². The lowest BCUT2D eigenvalue weighted by atomic mass is 9.32. The molecule has 4 aliphatic carbocycles. The molecule has 6 aliphatic rings. The van der Waals surface area contributed by atoms with Crippen LogP contribution in [0.2, 0.25) is 0 Å². The fourth-order valence-corrected chi connectivity index (χ4v) is 12.5. The van der Waals surface area contributed by atoms with E-state index >= 15 is 0 Å². The van der Waals surface area contributed by atoms with Gasteiger partial charge in [-0.25, -0.2) is 0 Å². The molecule has 0 amide bonds. The van der Waals surface area contributed by atoms with E-state index in [1.165, 1.54) is 110 Å². The molecule has 7 aromatic carbocycles. The fourth-order valence-electron chi connectivity index (χ4n) is 12.5. The molecule has 0 unspecified atom stereocenters. The number of para-hydroxylation sites is 2. The summed E-state index contributed by atoms with van der Waals surface area (Å²) in [4.78, 5) is 5.19. The maximum atomic E-state index is 2.61. The van der Waals surface area contributed by atoms with Gasteiger partial charge < -0.3 is 9.80 Å². The van der Waals surface area contributed by atoms with Crippen molar-refractivity contribution < 1.29 is 0 Å². The molecule has 0 radical (unpaired) electrons. The van der Waals surface area contributed by atoms with Gasteiger partial charge in [-0.1, -0.05) is 109 Å². The van der Waals surface area contributed by atoms with Crippen molar-refractivity contribution in [3.8, 4) is 22.3 Å². The van der Waals surface area contributed by atoms with Crippen LogP contribution in [-0.2, 0) is 11.8 Å². The number of hydrogen-bond donors (Lipinski definition) is 0. The monoisotopic (exact) mass is 676 g/mol. The van der Waals surface area contributed by atoms with Crippen molar-refractivity contribution in [2.24, 2.45) is 11.8 Å². The summed E-state index contributed by atoms with van der Waals surface area (Å²) in [5.74, 6) is 1.45. The van der Waals surface area contributed by atoms with Gasteiger partial charge in [-0.15, -0.1) is 0 Å². The van der Waals surface area contributed by atoms with Crippen LogP contribution in [-0.4, -0.2) is 6.71 Å². The Morgan fingerprint density at radius 3 is 1.91 bits per heavy atom. The smallest absolute Gasteiger partial charge is 0.252 e. The Morgan fingerprint density at radius 2 is 1.06 bits per heavy atom. The van der Waals surface area contributed by atoms with Crippen LogP contribution in [0.4, 0.5) is 34.1 Å². The lowest BCUT2D eigenvalue weighted by Gasteiger charge is -2.45. The van der Waals surface area contributed by atoms with Gasteiger partial charge in [0.1, 0.15) is 0 Å². The summed E-state index contributed by atoms with van der Waals surface area (Å²) < 4.78 is 0. The topological polar surface area (TPSA) is 6.48 Å². The van der Waals surface area contributed by atoms with Gasteiger partial charge in [0.2, 0.25) is 0 Å². The third kappa shape index (κ3) is 3.43. The van der Waals surface area contributed by atoms with Gasteiger partial charge in [-0.2, -0.15) is 0 Å². The molecule has 53 heavy (non-hydrogen) atoms. The van der Waals surface area contributed by atoms with Crippen LogP contribution in [0.1, 0.15) is 47.9 Å². The zero-order chi connectivity index (χ0) is 34.4. The molecule has 2 nitrogen and oxygen atoms in total.